The minimum absolute atomic E-state index is 0.0466. The molecule has 0 aromatic heterocycles. The van der Waals surface area contributed by atoms with Crippen molar-refractivity contribution in [3.63, 3.8) is 0 Å². The fourth-order valence-corrected chi connectivity index (χ4v) is 1.84. The lowest BCUT2D eigenvalue weighted by Gasteiger charge is -2.06. The zero-order valence-corrected chi connectivity index (χ0v) is 13.3. The van der Waals surface area contributed by atoms with Gasteiger partial charge in [0.05, 0.1) is 6.54 Å². The highest BCUT2D eigenvalue weighted by Crippen LogP contribution is 2.15. The largest absolute Gasteiger partial charge is 0.481 e. The number of ether oxygens (including phenoxy) is 2. The average molecular weight is 327 g/mol. The number of halogens is 1. The summed E-state index contributed by atoms with van der Waals surface area (Å²) < 4.78 is 23.9. The number of nitrogens with one attached hydrogen (secondary N) is 1. The Kier molecular flexibility index (Phi) is 6.66. The number of benzene rings is 2. The van der Waals surface area contributed by atoms with Gasteiger partial charge in [-0.2, -0.15) is 0 Å². The molecule has 0 aliphatic carbocycles. The second-order valence-electron chi connectivity index (χ2n) is 4.90. The van der Waals surface area contributed by atoms with Crippen LogP contribution in [-0.2, 0) is 4.79 Å². The summed E-state index contributed by atoms with van der Waals surface area (Å²) in [6.07, 6.45) is 0. The average Bonchev–Trinajstić information content (AvgIpc) is 2.58. The molecule has 4 nitrogen and oxygen atoms in total. The molecular weight excluding hydrogens is 309 g/mol. The van der Waals surface area contributed by atoms with Gasteiger partial charge in [0.2, 0.25) is 0 Å². The van der Waals surface area contributed by atoms with E-state index in [1.54, 1.807) is 12.1 Å². The standard InChI is InChI=1S/C19H18FNO3/c1-15-8-2-4-10-17(15)23-13-7-6-12-21-19(22)14-24-18-11-5-3-9-16(18)20/h2-5,8-11H,12-14H2,1H3,(H,21,22). The van der Waals surface area contributed by atoms with Crippen LogP contribution in [0.25, 0.3) is 0 Å². The van der Waals surface area contributed by atoms with Crippen molar-refractivity contribution in [1.29, 1.82) is 0 Å². The normalized spacial score (nSPS) is 9.58. The minimum Gasteiger partial charge on any atom is -0.481 e. The fraction of sp³-hybridized carbons (Fsp3) is 0.211. The summed E-state index contributed by atoms with van der Waals surface area (Å²) in [5.74, 6) is 5.55. The first-order valence-corrected chi connectivity index (χ1v) is 7.45. The van der Waals surface area contributed by atoms with Gasteiger partial charge in [0.25, 0.3) is 5.91 Å². The molecule has 2 rings (SSSR count). The summed E-state index contributed by atoms with van der Waals surface area (Å²) in [6, 6.07) is 13.6. The first-order valence-electron chi connectivity index (χ1n) is 7.45. The van der Waals surface area contributed by atoms with Gasteiger partial charge in [-0.3, -0.25) is 4.79 Å². The van der Waals surface area contributed by atoms with Crippen molar-refractivity contribution in [2.75, 3.05) is 19.8 Å². The molecule has 2 aromatic rings. The molecule has 1 amide bonds. The third kappa shape index (κ3) is 5.65. The van der Waals surface area contributed by atoms with Crippen LogP contribution in [0.1, 0.15) is 5.56 Å². The number of carbonyl (C=O) groups excluding carboxylic acids is 1. The van der Waals surface area contributed by atoms with Crippen molar-refractivity contribution in [3.05, 3.63) is 59.9 Å². The van der Waals surface area contributed by atoms with E-state index in [-0.39, 0.29) is 31.4 Å². The summed E-state index contributed by atoms with van der Waals surface area (Å²) in [6.45, 7) is 2.12. The molecule has 0 saturated carbocycles. The molecule has 0 spiro atoms. The number of hydrogen-bond acceptors (Lipinski definition) is 3. The molecular formula is C19H18FNO3. The third-order valence-electron chi connectivity index (χ3n) is 3.09. The zero-order valence-electron chi connectivity index (χ0n) is 13.3. The summed E-state index contributed by atoms with van der Waals surface area (Å²) >= 11 is 0. The van der Waals surface area contributed by atoms with Crippen molar-refractivity contribution in [2.45, 2.75) is 6.92 Å². The molecule has 0 atom stereocenters. The van der Waals surface area contributed by atoms with E-state index in [9.17, 15) is 9.18 Å². The van der Waals surface area contributed by atoms with E-state index in [4.69, 9.17) is 9.47 Å². The summed E-state index contributed by atoms with van der Waals surface area (Å²) in [5.41, 5.74) is 1.04. The monoisotopic (exact) mass is 327 g/mol. The maximum Gasteiger partial charge on any atom is 0.258 e. The second-order valence-corrected chi connectivity index (χ2v) is 4.90. The smallest absolute Gasteiger partial charge is 0.258 e. The van der Waals surface area contributed by atoms with Crippen molar-refractivity contribution in [1.82, 2.24) is 5.32 Å². The molecule has 0 aliphatic heterocycles. The molecule has 5 heteroatoms. The van der Waals surface area contributed by atoms with Gasteiger partial charge in [0.1, 0.15) is 12.4 Å². The minimum atomic E-state index is -0.501. The summed E-state index contributed by atoms with van der Waals surface area (Å²) in [7, 11) is 0. The highest BCUT2D eigenvalue weighted by molar-refractivity contribution is 5.77. The number of rotatable bonds is 6. The fourth-order valence-electron chi connectivity index (χ4n) is 1.84. The maximum absolute atomic E-state index is 13.3. The number of hydrogen-bond donors (Lipinski definition) is 1. The van der Waals surface area contributed by atoms with Gasteiger partial charge in [0, 0.05) is 0 Å². The van der Waals surface area contributed by atoms with E-state index in [2.05, 4.69) is 17.2 Å². The number of amides is 1. The molecule has 0 unspecified atom stereocenters. The lowest BCUT2D eigenvalue weighted by molar-refractivity contribution is -0.122. The van der Waals surface area contributed by atoms with Crippen molar-refractivity contribution in [3.8, 4) is 23.3 Å². The Labute approximate surface area is 140 Å². The zero-order chi connectivity index (χ0) is 17.2. The third-order valence-corrected chi connectivity index (χ3v) is 3.09. The predicted octanol–water partition coefficient (Wildman–Crippen LogP) is 2.71. The molecule has 0 heterocycles. The van der Waals surface area contributed by atoms with Crippen LogP contribution in [0.3, 0.4) is 0 Å². The van der Waals surface area contributed by atoms with Gasteiger partial charge in [-0.05, 0) is 30.7 Å². The van der Waals surface area contributed by atoms with E-state index >= 15 is 0 Å². The lowest BCUT2D eigenvalue weighted by atomic mass is 10.2. The van der Waals surface area contributed by atoms with E-state index in [1.807, 2.05) is 31.2 Å². The molecule has 124 valence electrons. The Morgan fingerprint density at radius 1 is 1.04 bits per heavy atom. The number of aryl methyl sites for hydroxylation is 1. The highest BCUT2D eigenvalue weighted by atomic mass is 19.1. The van der Waals surface area contributed by atoms with Crippen molar-refractivity contribution in [2.24, 2.45) is 0 Å². The Balaban J connectivity index is 1.65. The van der Waals surface area contributed by atoms with Gasteiger partial charge in [-0.25, -0.2) is 4.39 Å². The number of para-hydroxylation sites is 2. The van der Waals surface area contributed by atoms with Crippen molar-refractivity contribution < 1.29 is 18.7 Å². The van der Waals surface area contributed by atoms with E-state index in [0.29, 0.717) is 0 Å². The molecule has 24 heavy (non-hydrogen) atoms. The molecule has 0 saturated heterocycles. The van der Waals surface area contributed by atoms with E-state index in [0.717, 1.165) is 11.3 Å². The van der Waals surface area contributed by atoms with Crippen LogP contribution in [-0.4, -0.2) is 25.7 Å². The van der Waals surface area contributed by atoms with Gasteiger partial charge in [-0.15, -0.1) is 0 Å². The Bertz CT molecular complexity index is 750. The van der Waals surface area contributed by atoms with Gasteiger partial charge >= 0.3 is 0 Å². The molecule has 0 bridgehead atoms. The molecule has 0 radical (unpaired) electrons. The van der Waals surface area contributed by atoms with Crippen LogP contribution in [0.5, 0.6) is 11.5 Å². The van der Waals surface area contributed by atoms with E-state index < -0.39 is 5.82 Å². The first-order chi connectivity index (χ1) is 11.7. The highest BCUT2D eigenvalue weighted by Gasteiger charge is 2.04. The van der Waals surface area contributed by atoms with Gasteiger partial charge in [-0.1, -0.05) is 42.2 Å². The molecule has 2 aromatic carbocycles. The van der Waals surface area contributed by atoms with Crippen LogP contribution >= 0.6 is 0 Å². The van der Waals surface area contributed by atoms with E-state index in [1.165, 1.54) is 12.1 Å². The van der Waals surface area contributed by atoms with Crippen molar-refractivity contribution >= 4 is 5.91 Å². The Hall–Kier alpha value is -3.00. The van der Waals surface area contributed by atoms with Gasteiger partial charge < -0.3 is 14.8 Å². The van der Waals surface area contributed by atoms with Crippen LogP contribution in [0.4, 0.5) is 4.39 Å². The molecule has 0 fully saturated rings. The lowest BCUT2D eigenvalue weighted by Crippen LogP contribution is -2.29. The summed E-state index contributed by atoms with van der Waals surface area (Å²) in [4.78, 5) is 11.6. The molecule has 1 N–H and O–H groups in total. The van der Waals surface area contributed by atoms with Crippen LogP contribution in [0.2, 0.25) is 0 Å². The number of carbonyl (C=O) groups is 1. The van der Waals surface area contributed by atoms with Crippen LogP contribution in [0.15, 0.2) is 48.5 Å². The Morgan fingerprint density at radius 2 is 1.75 bits per heavy atom. The second kappa shape index (κ2) is 9.21. The maximum atomic E-state index is 13.3. The topological polar surface area (TPSA) is 47.6 Å². The predicted molar refractivity (Wildman–Crippen MR) is 89.4 cm³/mol. The first kappa shape index (κ1) is 17.4. The molecule has 0 aliphatic rings. The Morgan fingerprint density at radius 3 is 2.50 bits per heavy atom. The quantitative estimate of drug-likeness (QED) is 0.830. The van der Waals surface area contributed by atoms with Crippen LogP contribution < -0.4 is 14.8 Å². The SMILES string of the molecule is Cc1ccccc1OCC#CCNC(=O)COc1ccccc1F. The van der Waals surface area contributed by atoms with Crippen LogP contribution in [0, 0.1) is 24.6 Å². The summed E-state index contributed by atoms with van der Waals surface area (Å²) in [5, 5.41) is 2.57. The van der Waals surface area contributed by atoms with Gasteiger partial charge in [0.15, 0.2) is 18.2 Å².